The number of aryl methyl sites for hydroxylation is 1. The zero-order valence-electron chi connectivity index (χ0n) is 75.6. The highest BCUT2D eigenvalue weighted by Gasteiger charge is 2.38. The molecule has 0 bridgehead atoms. The smallest absolute Gasteiger partial charge is 0.375 e. The van der Waals surface area contributed by atoms with Crippen LogP contribution < -0.4 is 26.6 Å². The van der Waals surface area contributed by atoms with Crippen molar-refractivity contribution in [3.8, 4) is 5.69 Å². The van der Waals surface area contributed by atoms with Crippen molar-refractivity contribution in [3.05, 3.63) is 118 Å². The third-order valence-corrected chi connectivity index (χ3v) is 22.1. The van der Waals surface area contributed by atoms with E-state index in [0.29, 0.717) is 110 Å². The minimum Gasteiger partial charge on any atom is -0.375 e. The topological polar surface area (TPSA) is 336 Å². The maximum absolute atomic E-state index is 13.4. The lowest BCUT2D eigenvalue weighted by atomic mass is 9.92. The maximum atomic E-state index is 13.4. The number of nitrogens with one attached hydrogen (secondary N) is 5. The van der Waals surface area contributed by atoms with Gasteiger partial charge in [-0.15, -0.1) is 0 Å². The Morgan fingerprint density at radius 3 is 1.22 bits per heavy atom. The summed E-state index contributed by atoms with van der Waals surface area (Å²) in [5.41, 5.74) is 5.79. The molecule has 16 rings (SSSR count). The quantitative estimate of drug-likeness (QED) is 0.0277. The Labute approximate surface area is 764 Å². The summed E-state index contributed by atoms with van der Waals surface area (Å²) in [4.78, 5) is 105. The van der Waals surface area contributed by atoms with Crippen LogP contribution in [0.5, 0.6) is 0 Å². The van der Waals surface area contributed by atoms with Crippen LogP contribution in [-0.2, 0) is 62.6 Å². The monoisotopic (exact) mass is 1870 g/mol. The van der Waals surface area contributed by atoms with E-state index in [1.54, 1.807) is 71.3 Å². The highest BCUT2D eigenvalue weighted by Crippen LogP contribution is 2.43. The summed E-state index contributed by atoms with van der Waals surface area (Å²) < 4.78 is 122. The van der Waals surface area contributed by atoms with Gasteiger partial charge >= 0.3 is 12.4 Å². The summed E-state index contributed by atoms with van der Waals surface area (Å²) in [6, 6.07) is 23.5. The minimum atomic E-state index is -4.46. The number of carbonyl (C=O) groups excluding carboxylic acids is 5. The average Bonchev–Trinajstić information content (AvgIpc) is 1.58. The van der Waals surface area contributed by atoms with Gasteiger partial charge in [0.2, 0.25) is 59.3 Å². The van der Waals surface area contributed by atoms with Crippen LogP contribution in [0.25, 0.3) is 61.5 Å². The fourth-order valence-corrected chi connectivity index (χ4v) is 15.5. The Balaban J connectivity index is 0.000000147. The van der Waals surface area contributed by atoms with Crippen molar-refractivity contribution < 1.29 is 73.7 Å². The van der Waals surface area contributed by atoms with E-state index in [1.165, 1.54) is 18.6 Å². The predicted molar refractivity (Wildman–Crippen MR) is 486 cm³/mol. The molecule has 11 aromatic rings. The molecule has 12 heterocycles. The zero-order chi connectivity index (χ0) is 94.2. The Bertz CT molecular complexity index is 5840. The van der Waals surface area contributed by atoms with E-state index in [2.05, 4.69) is 97.2 Å². The first kappa shape index (κ1) is 98.9. The Morgan fingerprint density at radius 1 is 0.438 bits per heavy atom. The minimum absolute atomic E-state index is 0.0211. The molecule has 0 radical (unpaired) electrons. The first-order chi connectivity index (χ1) is 61.0. The number of carbonyl (C=O) groups is 5. The van der Waals surface area contributed by atoms with Gasteiger partial charge in [-0.05, 0) is 249 Å². The number of hydrogen-bond acceptors (Lipinski definition) is 19. The van der Waals surface area contributed by atoms with Gasteiger partial charge in [0, 0.05) is 42.2 Å². The van der Waals surface area contributed by atoms with Gasteiger partial charge in [0.05, 0.1) is 79.2 Å². The van der Waals surface area contributed by atoms with Crippen molar-refractivity contribution >= 4 is 150 Å². The van der Waals surface area contributed by atoms with E-state index in [-0.39, 0.29) is 119 Å². The summed E-state index contributed by atoms with van der Waals surface area (Å²) >= 11 is 18.1. The molecule has 5 fully saturated rings. The molecule has 2 aliphatic heterocycles. The summed E-state index contributed by atoms with van der Waals surface area (Å²) in [6.07, 6.45) is 6.14. The predicted octanol–water partition coefficient (Wildman–Crippen LogP) is 21.3. The number of halogens is 10. The van der Waals surface area contributed by atoms with Crippen molar-refractivity contribution in [3.63, 3.8) is 0 Å². The lowest BCUT2D eigenvalue weighted by Crippen LogP contribution is -2.37. The molecule has 1 unspecified atom stereocenters. The van der Waals surface area contributed by atoms with Crippen LogP contribution in [0, 0.1) is 11.2 Å². The van der Waals surface area contributed by atoms with Crippen LogP contribution in [0.15, 0.2) is 84.9 Å². The highest BCUT2D eigenvalue weighted by molar-refractivity contribution is 6.30. The van der Waals surface area contributed by atoms with Gasteiger partial charge in [0.15, 0.2) is 28.2 Å². The molecule has 5 aliphatic rings. The lowest BCUT2D eigenvalue weighted by Gasteiger charge is -2.35. The molecule has 3 aliphatic carbocycles. The number of anilines is 5. The van der Waals surface area contributed by atoms with Gasteiger partial charge < -0.3 is 18.9 Å². The molecule has 10 aromatic heterocycles. The second-order valence-corrected chi connectivity index (χ2v) is 38.9. The van der Waals surface area contributed by atoms with Crippen LogP contribution in [0.1, 0.15) is 248 Å². The molecular weight excluding hydrogens is 1760 g/mol. The molecule has 3 saturated carbocycles. The number of imidazole rings is 5. The van der Waals surface area contributed by atoms with E-state index >= 15 is 0 Å². The molecule has 702 valence electrons. The van der Waals surface area contributed by atoms with Crippen molar-refractivity contribution in [2.24, 2.45) is 5.41 Å². The first-order valence-corrected chi connectivity index (χ1v) is 45.1. The van der Waals surface area contributed by atoms with Crippen molar-refractivity contribution in [2.45, 2.75) is 303 Å². The molecular formula is C91H114Cl3F7N20O9. The van der Waals surface area contributed by atoms with Gasteiger partial charge in [0.1, 0.15) is 61.9 Å². The molecule has 39 heteroatoms. The van der Waals surface area contributed by atoms with Gasteiger partial charge in [0.25, 0.3) is 0 Å². The van der Waals surface area contributed by atoms with Gasteiger partial charge in [-0.1, -0.05) is 62.5 Å². The fourth-order valence-electron chi connectivity index (χ4n) is 15.1. The summed E-state index contributed by atoms with van der Waals surface area (Å²) in [7, 11) is 0. The molecule has 29 nitrogen and oxygen atoms in total. The molecule has 0 spiro atoms. The molecule has 1 aromatic carbocycles. The van der Waals surface area contributed by atoms with E-state index in [4.69, 9.17) is 53.8 Å². The van der Waals surface area contributed by atoms with Gasteiger partial charge in [-0.2, -0.15) is 26.3 Å². The number of nitrogens with zero attached hydrogens (tertiary/aromatic N) is 15. The summed E-state index contributed by atoms with van der Waals surface area (Å²) in [6.45, 7) is 26.1. The Kier molecular flexibility index (Phi) is 31.5. The third-order valence-electron chi connectivity index (χ3n) is 21.5. The molecule has 130 heavy (non-hydrogen) atoms. The number of fused-ring (bicyclic) bond motifs is 5. The first-order valence-electron chi connectivity index (χ1n) is 43.9. The molecule has 5 N–H and O–H groups in total. The number of pyridine rings is 5. The van der Waals surface area contributed by atoms with Crippen LogP contribution in [0.4, 0.5) is 60.5 Å². The number of amides is 5. The normalized spacial score (nSPS) is 17.0. The van der Waals surface area contributed by atoms with Gasteiger partial charge in [-0.25, -0.2) is 54.2 Å². The number of alkyl halides is 6. The number of rotatable bonds is 24. The van der Waals surface area contributed by atoms with E-state index in [1.807, 2.05) is 91.4 Å². The standard InChI is InChI=1S/C21H22ClFN4O2.C19H25ClN4O2.C18H23F3N4O2.C17H21F3N4O.C16H23ClN4O2/c1-21(2)11-3-4-15(29-21)12-18(28)26-20-24-16-9-10-17(22)25-19(16)27(20)14-7-5-13(23)6-8-14;1-19(2)10-4-7-13(26-19)11-16(25)23-18-21-14-8-9-15(20)22-17(14)24(18)12-5-3-6-12;1-17(2,3)27-9-8-14(26)24-16-23-13-7-6-12(11-4-5-11)22-15(13)25(16)10-18(19,20)21;1-16(2,3)8-13(25)23-15-22-12-7-6-11(10-4-5-10)21-14(12)24(15)9-17(18,19)20;1-5-9-21-14-11(6-7-12(17)19-14)18-15(21)20-13(22)8-10-23-16(2,3)4/h5-10,15H,3-4,11-12H2,1-2H3,(H,24,26,28);8-9,12-13H,3-7,10-11H2,1-2H3,(H,21,23,25);6-7,11H,4-5,8-10H2,1-3H3,(H,23,24,26);6-7,10H,4-5,8-9H2,1-3H3,(H,22,23,25);6-7H,5,8-10H2,1-4H3,(H,18,20,22)/t15-;;;;/m1..../s1. The third kappa shape index (κ3) is 28.7. The number of benzene rings is 1. The van der Waals surface area contributed by atoms with Gasteiger partial charge in [-0.3, -0.25) is 73.4 Å². The van der Waals surface area contributed by atoms with Crippen LogP contribution >= 0.6 is 34.8 Å². The largest absolute Gasteiger partial charge is 0.406 e. The molecule has 2 saturated heterocycles. The van der Waals surface area contributed by atoms with Crippen molar-refractivity contribution in [1.82, 2.24) is 72.7 Å². The average molecular weight is 1870 g/mol. The summed E-state index contributed by atoms with van der Waals surface area (Å²) in [5.74, 6) is 0.165. The van der Waals surface area contributed by atoms with Crippen molar-refractivity contribution in [2.75, 3.05) is 39.8 Å². The highest BCUT2D eigenvalue weighted by atomic mass is 35.5. The number of ether oxygens (including phenoxy) is 4. The number of aromatic nitrogens is 15. The summed E-state index contributed by atoms with van der Waals surface area (Å²) in [5, 5.41) is 14.8. The SMILES string of the molecule is CC(C)(C)CC(=O)Nc1nc2ccc(C3CC3)nc2n1CC(F)(F)F.CC(C)(C)OCCC(=O)Nc1nc2ccc(C3CC3)nc2n1CC(F)(F)F.CC1(C)CCCC(CC(=O)Nc2nc3ccc(Cl)nc3n2C2CCC2)O1.CC1(C)CCC[C@H](CC(=O)Nc2nc3ccc(Cl)nc3n2-c2ccc(F)cc2)O1.CCCn1c(NC(=O)CCOC(C)(C)C)nc2ccc(Cl)nc21. The maximum Gasteiger partial charge on any atom is 0.406 e. The van der Waals surface area contributed by atoms with Crippen LogP contribution in [-0.4, -0.2) is 162 Å². The zero-order valence-corrected chi connectivity index (χ0v) is 77.9. The van der Waals surface area contributed by atoms with Crippen molar-refractivity contribution in [1.29, 1.82) is 0 Å². The second-order valence-electron chi connectivity index (χ2n) is 37.7. The van der Waals surface area contributed by atoms with E-state index in [0.717, 1.165) is 115 Å². The number of hydrogen-bond donors (Lipinski definition) is 5. The molecule has 2 atom stereocenters. The fraction of sp³-hybridized carbons (Fsp3) is 0.549. The Morgan fingerprint density at radius 2 is 0.815 bits per heavy atom. The van der Waals surface area contributed by atoms with E-state index in [9.17, 15) is 54.7 Å². The Hall–Kier alpha value is -10.1. The van der Waals surface area contributed by atoms with E-state index < -0.39 is 37.0 Å². The van der Waals surface area contributed by atoms with Crippen LogP contribution in [0.2, 0.25) is 15.5 Å². The van der Waals surface area contributed by atoms with Crippen LogP contribution in [0.3, 0.4) is 0 Å². The second kappa shape index (κ2) is 41.4. The lowest BCUT2D eigenvalue weighted by molar-refractivity contribution is -0.140. The molecule has 5 amide bonds.